The minimum atomic E-state index is 0.209. The van der Waals surface area contributed by atoms with E-state index in [9.17, 15) is 0 Å². The quantitative estimate of drug-likeness (QED) is 0.803. The van der Waals surface area contributed by atoms with E-state index in [0.717, 1.165) is 29.8 Å². The van der Waals surface area contributed by atoms with Crippen LogP contribution in [0.15, 0.2) is 24.5 Å². The van der Waals surface area contributed by atoms with Crippen LogP contribution in [0.5, 0.6) is 0 Å². The van der Waals surface area contributed by atoms with Crippen LogP contribution in [0, 0.1) is 0 Å². The molecule has 0 aliphatic carbocycles. The second-order valence-corrected chi connectivity index (χ2v) is 5.46. The number of hydrogen-bond donors (Lipinski definition) is 0. The Hall–Kier alpha value is -1.39. The first-order chi connectivity index (χ1) is 9.13. The molecule has 1 fully saturated rings. The average molecular weight is 278 g/mol. The van der Waals surface area contributed by atoms with Gasteiger partial charge in [0.1, 0.15) is 12.1 Å². The standard InChI is InChI=1S/C14H16ClN3O/c1-9-6-18(7-10(2)19-9)14-12-4-3-11(15)5-13(12)16-8-17-14/h3-5,8-10H,6-7H2,1-2H3/t9-,10+. The molecule has 4 nitrogen and oxygen atoms in total. The molecule has 19 heavy (non-hydrogen) atoms. The van der Waals surface area contributed by atoms with E-state index in [4.69, 9.17) is 16.3 Å². The summed E-state index contributed by atoms with van der Waals surface area (Å²) in [4.78, 5) is 11.0. The van der Waals surface area contributed by atoms with Gasteiger partial charge in [-0.25, -0.2) is 9.97 Å². The van der Waals surface area contributed by atoms with E-state index in [2.05, 4.69) is 28.7 Å². The number of aromatic nitrogens is 2. The van der Waals surface area contributed by atoms with Crippen LogP contribution in [0.2, 0.25) is 5.02 Å². The van der Waals surface area contributed by atoms with Gasteiger partial charge in [0.2, 0.25) is 0 Å². The topological polar surface area (TPSA) is 38.2 Å². The first-order valence-corrected chi connectivity index (χ1v) is 6.82. The summed E-state index contributed by atoms with van der Waals surface area (Å²) in [6.07, 6.45) is 2.01. The average Bonchev–Trinajstić information content (AvgIpc) is 2.36. The molecule has 1 aromatic heterocycles. The molecule has 0 unspecified atom stereocenters. The van der Waals surface area contributed by atoms with Crippen molar-refractivity contribution >= 4 is 28.3 Å². The molecule has 2 aromatic rings. The molecule has 5 heteroatoms. The molecule has 1 saturated heterocycles. The first-order valence-electron chi connectivity index (χ1n) is 6.44. The highest BCUT2D eigenvalue weighted by molar-refractivity contribution is 6.31. The molecule has 0 N–H and O–H groups in total. The van der Waals surface area contributed by atoms with Gasteiger partial charge in [0.15, 0.2) is 0 Å². The molecule has 0 amide bonds. The summed E-state index contributed by atoms with van der Waals surface area (Å²) in [6, 6.07) is 5.73. The number of benzene rings is 1. The monoisotopic (exact) mass is 277 g/mol. The van der Waals surface area contributed by atoms with E-state index in [0.29, 0.717) is 5.02 Å². The van der Waals surface area contributed by atoms with E-state index in [-0.39, 0.29) is 12.2 Å². The van der Waals surface area contributed by atoms with Crippen LogP contribution >= 0.6 is 11.6 Å². The number of hydrogen-bond acceptors (Lipinski definition) is 4. The van der Waals surface area contributed by atoms with Crippen LogP contribution in [0.3, 0.4) is 0 Å². The maximum absolute atomic E-state index is 6.01. The highest BCUT2D eigenvalue weighted by Gasteiger charge is 2.24. The van der Waals surface area contributed by atoms with Crippen molar-refractivity contribution in [2.75, 3.05) is 18.0 Å². The van der Waals surface area contributed by atoms with Crippen molar-refractivity contribution in [3.8, 4) is 0 Å². The fourth-order valence-corrected chi connectivity index (χ4v) is 2.79. The predicted octanol–water partition coefficient (Wildman–Crippen LogP) is 2.90. The molecule has 0 bridgehead atoms. The Morgan fingerprint density at radius 2 is 1.95 bits per heavy atom. The second-order valence-electron chi connectivity index (χ2n) is 5.02. The van der Waals surface area contributed by atoms with Crippen molar-refractivity contribution in [2.45, 2.75) is 26.1 Å². The van der Waals surface area contributed by atoms with E-state index >= 15 is 0 Å². The zero-order valence-corrected chi connectivity index (χ0v) is 11.8. The van der Waals surface area contributed by atoms with Crippen molar-refractivity contribution in [3.05, 3.63) is 29.5 Å². The van der Waals surface area contributed by atoms with Crippen molar-refractivity contribution in [1.29, 1.82) is 0 Å². The lowest BCUT2D eigenvalue weighted by molar-refractivity contribution is -0.00537. The molecule has 1 aliphatic heterocycles. The summed E-state index contributed by atoms with van der Waals surface area (Å²) in [5.74, 6) is 0.962. The minimum absolute atomic E-state index is 0.209. The number of nitrogens with zero attached hydrogens (tertiary/aromatic N) is 3. The number of morpholine rings is 1. The zero-order valence-electron chi connectivity index (χ0n) is 11.0. The maximum Gasteiger partial charge on any atom is 0.140 e. The molecule has 0 spiro atoms. The van der Waals surface area contributed by atoms with E-state index < -0.39 is 0 Å². The van der Waals surface area contributed by atoms with E-state index in [1.165, 1.54) is 0 Å². The number of halogens is 1. The first kappa shape index (κ1) is 12.6. The SMILES string of the molecule is C[C@@H]1CN(c2ncnc3cc(Cl)ccc23)C[C@H](C)O1. The lowest BCUT2D eigenvalue weighted by Gasteiger charge is -2.36. The molecule has 0 saturated carbocycles. The van der Waals surface area contributed by atoms with Gasteiger partial charge in [0.05, 0.1) is 17.7 Å². The van der Waals surface area contributed by atoms with Gasteiger partial charge in [-0.3, -0.25) is 0 Å². The third kappa shape index (κ3) is 2.51. The molecular formula is C14H16ClN3O. The normalized spacial score (nSPS) is 23.8. The third-order valence-electron chi connectivity index (χ3n) is 3.30. The van der Waals surface area contributed by atoms with Crippen LogP contribution in [0.4, 0.5) is 5.82 Å². The number of ether oxygens (including phenoxy) is 1. The lowest BCUT2D eigenvalue weighted by atomic mass is 10.2. The fraction of sp³-hybridized carbons (Fsp3) is 0.429. The summed E-state index contributed by atoms with van der Waals surface area (Å²) in [5, 5.41) is 1.73. The lowest BCUT2D eigenvalue weighted by Crippen LogP contribution is -2.45. The van der Waals surface area contributed by atoms with Crippen LogP contribution in [0.1, 0.15) is 13.8 Å². The van der Waals surface area contributed by atoms with Crippen LogP contribution in [-0.2, 0) is 4.74 Å². The van der Waals surface area contributed by atoms with Gasteiger partial charge >= 0.3 is 0 Å². The summed E-state index contributed by atoms with van der Waals surface area (Å²) in [5.41, 5.74) is 0.879. The zero-order chi connectivity index (χ0) is 13.4. The molecule has 0 radical (unpaired) electrons. The molecule has 2 heterocycles. The van der Waals surface area contributed by atoms with Crippen LogP contribution < -0.4 is 4.90 Å². The minimum Gasteiger partial charge on any atom is -0.372 e. The highest BCUT2D eigenvalue weighted by Crippen LogP contribution is 2.27. The fourth-order valence-electron chi connectivity index (χ4n) is 2.62. The van der Waals surface area contributed by atoms with Gasteiger partial charge < -0.3 is 9.64 Å². The van der Waals surface area contributed by atoms with Gasteiger partial charge in [-0.05, 0) is 32.0 Å². The second kappa shape index (κ2) is 4.94. The Labute approximate surface area is 117 Å². The maximum atomic E-state index is 6.01. The smallest absolute Gasteiger partial charge is 0.140 e. The largest absolute Gasteiger partial charge is 0.372 e. The van der Waals surface area contributed by atoms with Crippen LogP contribution in [0.25, 0.3) is 10.9 Å². The Balaban J connectivity index is 2.04. The molecule has 1 aliphatic rings. The van der Waals surface area contributed by atoms with Crippen molar-refractivity contribution in [3.63, 3.8) is 0 Å². The van der Waals surface area contributed by atoms with Gasteiger partial charge in [-0.15, -0.1) is 0 Å². The van der Waals surface area contributed by atoms with Gasteiger partial charge in [0.25, 0.3) is 0 Å². The van der Waals surface area contributed by atoms with Gasteiger partial charge in [-0.1, -0.05) is 11.6 Å². The number of fused-ring (bicyclic) bond motifs is 1. The summed E-state index contributed by atoms with van der Waals surface area (Å²) < 4.78 is 5.76. The van der Waals surface area contributed by atoms with Crippen LogP contribution in [-0.4, -0.2) is 35.3 Å². The van der Waals surface area contributed by atoms with Gasteiger partial charge in [0, 0.05) is 23.5 Å². The summed E-state index contributed by atoms with van der Waals surface area (Å²) in [7, 11) is 0. The highest BCUT2D eigenvalue weighted by atomic mass is 35.5. The van der Waals surface area contributed by atoms with Crippen molar-refractivity contribution < 1.29 is 4.74 Å². The van der Waals surface area contributed by atoms with Gasteiger partial charge in [-0.2, -0.15) is 0 Å². The Bertz CT molecular complexity index is 594. The molecule has 100 valence electrons. The third-order valence-corrected chi connectivity index (χ3v) is 3.53. The van der Waals surface area contributed by atoms with E-state index in [1.807, 2.05) is 18.2 Å². The Morgan fingerprint density at radius 1 is 1.21 bits per heavy atom. The molecule has 2 atom stereocenters. The van der Waals surface area contributed by atoms with Crippen molar-refractivity contribution in [2.24, 2.45) is 0 Å². The molecular weight excluding hydrogens is 262 g/mol. The Morgan fingerprint density at radius 3 is 2.68 bits per heavy atom. The summed E-state index contributed by atoms with van der Waals surface area (Å²) in [6.45, 7) is 5.87. The molecule has 1 aromatic carbocycles. The number of anilines is 1. The van der Waals surface area contributed by atoms with E-state index in [1.54, 1.807) is 6.33 Å². The van der Waals surface area contributed by atoms with Crippen molar-refractivity contribution in [1.82, 2.24) is 9.97 Å². The predicted molar refractivity (Wildman–Crippen MR) is 76.8 cm³/mol. The Kier molecular flexibility index (Phi) is 3.29. The number of rotatable bonds is 1. The summed E-state index contributed by atoms with van der Waals surface area (Å²) >= 11 is 6.01. The molecule has 3 rings (SSSR count).